The lowest BCUT2D eigenvalue weighted by molar-refractivity contribution is 0.559. The van der Waals surface area contributed by atoms with Crippen LogP contribution in [0.2, 0.25) is 0 Å². The van der Waals surface area contributed by atoms with E-state index in [-0.39, 0.29) is 0 Å². The minimum Gasteiger partial charge on any atom is -0.264 e. The molecule has 0 saturated heterocycles. The number of alkyl halides is 1. The number of benzene rings is 1. The highest BCUT2D eigenvalue weighted by molar-refractivity contribution is 9.10. The van der Waals surface area contributed by atoms with Gasteiger partial charge in [-0.15, -0.1) is 0 Å². The van der Waals surface area contributed by atoms with Crippen molar-refractivity contribution in [2.24, 2.45) is 0 Å². The van der Waals surface area contributed by atoms with Crippen molar-refractivity contribution in [3.05, 3.63) is 41.0 Å². The molecule has 0 unspecified atom stereocenters. The SMILES string of the molecule is BrCCCCCn1ncc(Br)c1-c1ccccc1. The summed E-state index contributed by atoms with van der Waals surface area (Å²) in [7, 11) is 0. The highest BCUT2D eigenvalue weighted by Gasteiger charge is 2.10. The molecule has 0 amide bonds. The van der Waals surface area contributed by atoms with Gasteiger partial charge in [-0.25, -0.2) is 0 Å². The summed E-state index contributed by atoms with van der Waals surface area (Å²) < 4.78 is 3.15. The fourth-order valence-electron chi connectivity index (χ4n) is 1.95. The van der Waals surface area contributed by atoms with E-state index in [0.29, 0.717) is 0 Å². The van der Waals surface area contributed by atoms with Gasteiger partial charge in [-0.3, -0.25) is 4.68 Å². The van der Waals surface area contributed by atoms with Crippen LogP contribution in [0.3, 0.4) is 0 Å². The first-order valence-corrected chi connectivity index (χ1v) is 8.07. The standard InChI is InChI=1S/C14H16Br2N2/c15-9-5-2-6-10-18-14(13(16)11-17-18)12-7-3-1-4-8-12/h1,3-4,7-8,11H,2,5-6,9-10H2. The number of hydrogen-bond acceptors (Lipinski definition) is 1. The van der Waals surface area contributed by atoms with Crippen LogP contribution in [0.4, 0.5) is 0 Å². The highest BCUT2D eigenvalue weighted by Crippen LogP contribution is 2.28. The first-order chi connectivity index (χ1) is 8.83. The Hall–Kier alpha value is -0.610. The lowest BCUT2D eigenvalue weighted by atomic mass is 10.1. The zero-order valence-electron chi connectivity index (χ0n) is 10.1. The summed E-state index contributed by atoms with van der Waals surface area (Å²) >= 11 is 7.05. The van der Waals surface area contributed by atoms with Crippen molar-refractivity contribution in [3.8, 4) is 11.3 Å². The maximum atomic E-state index is 4.45. The smallest absolute Gasteiger partial charge is 0.0824 e. The van der Waals surface area contributed by atoms with Crippen molar-refractivity contribution in [3.63, 3.8) is 0 Å². The van der Waals surface area contributed by atoms with Crippen molar-refractivity contribution >= 4 is 31.9 Å². The van der Waals surface area contributed by atoms with Gasteiger partial charge in [0.15, 0.2) is 0 Å². The van der Waals surface area contributed by atoms with E-state index in [4.69, 9.17) is 0 Å². The van der Waals surface area contributed by atoms with Crippen LogP contribution < -0.4 is 0 Å². The second-order valence-electron chi connectivity index (χ2n) is 4.18. The zero-order valence-corrected chi connectivity index (χ0v) is 13.3. The second-order valence-corrected chi connectivity index (χ2v) is 5.83. The van der Waals surface area contributed by atoms with Crippen molar-refractivity contribution in [2.75, 3.05) is 5.33 Å². The second kappa shape index (κ2) is 7.10. The molecule has 0 fully saturated rings. The number of aryl methyl sites for hydroxylation is 1. The molecule has 2 rings (SSSR count). The number of hydrogen-bond donors (Lipinski definition) is 0. The van der Waals surface area contributed by atoms with Gasteiger partial charge in [0.25, 0.3) is 0 Å². The van der Waals surface area contributed by atoms with Gasteiger partial charge in [-0.1, -0.05) is 52.7 Å². The summed E-state index contributed by atoms with van der Waals surface area (Å²) in [5.74, 6) is 0. The van der Waals surface area contributed by atoms with E-state index in [0.717, 1.165) is 16.3 Å². The zero-order chi connectivity index (χ0) is 12.8. The average Bonchev–Trinajstić information content (AvgIpc) is 2.77. The first kappa shape index (κ1) is 13.8. The molecule has 0 aliphatic carbocycles. The number of aromatic nitrogens is 2. The lowest BCUT2D eigenvalue weighted by Crippen LogP contribution is -2.02. The van der Waals surface area contributed by atoms with Gasteiger partial charge in [-0.05, 0) is 28.8 Å². The predicted octanol–water partition coefficient (Wildman–Crippen LogP) is 4.88. The van der Waals surface area contributed by atoms with E-state index in [2.05, 4.69) is 65.9 Å². The van der Waals surface area contributed by atoms with Gasteiger partial charge in [0.2, 0.25) is 0 Å². The highest BCUT2D eigenvalue weighted by atomic mass is 79.9. The Kier molecular flexibility index (Phi) is 5.45. The van der Waals surface area contributed by atoms with E-state index < -0.39 is 0 Å². The van der Waals surface area contributed by atoms with E-state index in [1.54, 1.807) is 0 Å². The van der Waals surface area contributed by atoms with Crippen LogP contribution in [0, 0.1) is 0 Å². The Labute approximate surface area is 125 Å². The molecule has 2 aromatic rings. The minimum absolute atomic E-state index is 0.975. The van der Waals surface area contributed by atoms with E-state index in [1.807, 2.05) is 12.3 Å². The van der Waals surface area contributed by atoms with E-state index in [1.165, 1.54) is 30.5 Å². The molecule has 1 aromatic heterocycles. The topological polar surface area (TPSA) is 17.8 Å². The third-order valence-corrected chi connectivity index (χ3v) is 3.99. The summed E-state index contributed by atoms with van der Waals surface area (Å²) in [4.78, 5) is 0. The molecule has 0 saturated carbocycles. The molecule has 1 aromatic carbocycles. The van der Waals surface area contributed by atoms with Crippen molar-refractivity contribution in [2.45, 2.75) is 25.8 Å². The number of rotatable bonds is 6. The molecule has 96 valence electrons. The predicted molar refractivity (Wildman–Crippen MR) is 83.0 cm³/mol. The van der Waals surface area contributed by atoms with Crippen molar-refractivity contribution in [1.82, 2.24) is 9.78 Å². The Morgan fingerprint density at radius 2 is 1.83 bits per heavy atom. The van der Waals surface area contributed by atoms with Gasteiger partial charge in [0, 0.05) is 17.4 Å². The van der Waals surface area contributed by atoms with E-state index >= 15 is 0 Å². The van der Waals surface area contributed by atoms with Crippen molar-refractivity contribution < 1.29 is 0 Å². The van der Waals surface area contributed by atoms with Crippen LogP contribution in [0.25, 0.3) is 11.3 Å². The Morgan fingerprint density at radius 3 is 2.56 bits per heavy atom. The lowest BCUT2D eigenvalue weighted by Gasteiger charge is -2.08. The molecule has 0 atom stereocenters. The number of nitrogens with zero attached hydrogens (tertiary/aromatic N) is 2. The molecule has 0 aliphatic rings. The van der Waals surface area contributed by atoms with Gasteiger partial charge in [-0.2, -0.15) is 5.10 Å². The molecular weight excluding hydrogens is 356 g/mol. The van der Waals surface area contributed by atoms with Crippen molar-refractivity contribution in [1.29, 1.82) is 0 Å². The molecule has 4 heteroatoms. The summed E-state index contributed by atoms with van der Waals surface area (Å²) in [5, 5.41) is 5.53. The van der Waals surface area contributed by atoms with Gasteiger partial charge >= 0.3 is 0 Å². The third kappa shape index (κ3) is 3.45. The normalized spacial score (nSPS) is 10.8. The largest absolute Gasteiger partial charge is 0.264 e. The quantitative estimate of drug-likeness (QED) is 0.522. The molecule has 0 radical (unpaired) electrons. The monoisotopic (exact) mass is 370 g/mol. The molecule has 18 heavy (non-hydrogen) atoms. The third-order valence-electron chi connectivity index (χ3n) is 2.85. The molecule has 0 spiro atoms. The number of halogens is 2. The van der Waals surface area contributed by atoms with Gasteiger partial charge in [0.05, 0.1) is 16.4 Å². The van der Waals surface area contributed by atoms with E-state index in [9.17, 15) is 0 Å². The Balaban J connectivity index is 2.12. The van der Waals surface area contributed by atoms with Crippen LogP contribution >= 0.6 is 31.9 Å². The molecule has 0 N–H and O–H groups in total. The summed E-state index contributed by atoms with van der Waals surface area (Å²) in [5.41, 5.74) is 2.39. The first-order valence-electron chi connectivity index (χ1n) is 6.15. The summed E-state index contributed by atoms with van der Waals surface area (Å²) in [6.45, 7) is 0.975. The Morgan fingerprint density at radius 1 is 1.06 bits per heavy atom. The fraction of sp³-hybridized carbons (Fsp3) is 0.357. The van der Waals surface area contributed by atoms with Crippen LogP contribution in [-0.4, -0.2) is 15.1 Å². The number of unbranched alkanes of at least 4 members (excludes halogenated alkanes) is 2. The molecular formula is C14H16Br2N2. The van der Waals surface area contributed by atoms with Gasteiger partial charge in [0.1, 0.15) is 0 Å². The maximum absolute atomic E-state index is 4.45. The van der Waals surface area contributed by atoms with Crippen LogP contribution in [0.15, 0.2) is 41.0 Å². The molecule has 1 heterocycles. The van der Waals surface area contributed by atoms with Gasteiger partial charge < -0.3 is 0 Å². The fourth-order valence-corrected chi connectivity index (χ4v) is 2.87. The summed E-state index contributed by atoms with van der Waals surface area (Å²) in [6, 6.07) is 10.4. The Bertz CT molecular complexity index is 480. The molecule has 2 nitrogen and oxygen atoms in total. The maximum Gasteiger partial charge on any atom is 0.0824 e. The average molecular weight is 372 g/mol. The molecule has 0 aliphatic heterocycles. The van der Waals surface area contributed by atoms with Crippen LogP contribution in [0.1, 0.15) is 19.3 Å². The minimum atomic E-state index is 0.975. The van der Waals surface area contributed by atoms with Crippen LogP contribution in [-0.2, 0) is 6.54 Å². The summed E-state index contributed by atoms with van der Waals surface area (Å²) in [6.07, 6.45) is 5.51. The molecule has 0 bridgehead atoms. The van der Waals surface area contributed by atoms with Crippen LogP contribution in [0.5, 0.6) is 0 Å².